The molecule has 1 aromatic heterocycles. The molecule has 7 heteroatoms. The minimum absolute atomic E-state index is 0. The molecule has 1 aliphatic rings. The lowest BCUT2D eigenvalue weighted by Crippen LogP contribution is -2.48. The largest absolute Gasteiger partial charge is 0.354 e. The van der Waals surface area contributed by atoms with Gasteiger partial charge in [-0.15, -0.1) is 24.8 Å². The third-order valence-electron chi connectivity index (χ3n) is 3.60. The van der Waals surface area contributed by atoms with E-state index in [1.54, 1.807) is 0 Å². The van der Waals surface area contributed by atoms with Crippen LogP contribution < -0.4 is 10.6 Å². The van der Waals surface area contributed by atoms with Crippen LogP contribution in [0.15, 0.2) is 24.3 Å². The molecule has 2 heterocycles. The van der Waals surface area contributed by atoms with Crippen LogP contribution in [0.25, 0.3) is 11.0 Å². The molecule has 0 spiro atoms. The third-order valence-corrected chi connectivity index (χ3v) is 3.60. The van der Waals surface area contributed by atoms with Crippen molar-refractivity contribution in [2.75, 3.05) is 19.6 Å². The molecular formula is C14H20Cl2N4O. The molecule has 0 saturated carbocycles. The Hall–Kier alpha value is -1.30. The summed E-state index contributed by atoms with van der Waals surface area (Å²) in [5, 5.41) is 6.18. The van der Waals surface area contributed by atoms with E-state index in [9.17, 15) is 4.79 Å². The number of amides is 1. The van der Waals surface area contributed by atoms with Crippen LogP contribution in [0.5, 0.6) is 0 Å². The summed E-state index contributed by atoms with van der Waals surface area (Å²) in [6.07, 6.45) is 0. The number of benzene rings is 1. The predicted octanol–water partition coefficient (Wildman–Crippen LogP) is 1.52. The van der Waals surface area contributed by atoms with Crippen molar-refractivity contribution in [2.24, 2.45) is 5.92 Å². The zero-order valence-corrected chi connectivity index (χ0v) is 13.5. The van der Waals surface area contributed by atoms with Gasteiger partial charge in [-0.05, 0) is 19.1 Å². The molecule has 1 aliphatic heterocycles. The highest BCUT2D eigenvalue weighted by molar-refractivity contribution is 5.85. The molecule has 2 N–H and O–H groups in total. The van der Waals surface area contributed by atoms with Crippen LogP contribution in [-0.4, -0.2) is 35.1 Å². The van der Waals surface area contributed by atoms with Gasteiger partial charge in [-0.3, -0.25) is 4.79 Å². The van der Waals surface area contributed by atoms with E-state index in [-0.39, 0.29) is 30.7 Å². The van der Waals surface area contributed by atoms with Crippen LogP contribution in [0.3, 0.4) is 0 Å². The van der Waals surface area contributed by atoms with Crippen LogP contribution in [0.1, 0.15) is 5.82 Å². The van der Waals surface area contributed by atoms with Gasteiger partial charge in [0, 0.05) is 25.6 Å². The molecule has 2 aromatic rings. The quantitative estimate of drug-likeness (QED) is 0.893. The van der Waals surface area contributed by atoms with Gasteiger partial charge in [0.05, 0.1) is 11.0 Å². The predicted molar refractivity (Wildman–Crippen MR) is 88.3 cm³/mol. The zero-order valence-electron chi connectivity index (χ0n) is 11.8. The summed E-state index contributed by atoms with van der Waals surface area (Å²) < 4.78 is 1.96. The monoisotopic (exact) mass is 330 g/mol. The molecule has 0 unspecified atom stereocenters. The fourth-order valence-electron chi connectivity index (χ4n) is 2.35. The summed E-state index contributed by atoms with van der Waals surface area (Å²) >= 11 is 0. The van der Waals surface area contributed by atoms with E-state index in [1.807, 2.05) is 35.8 Å². The number of aromatic nitrogens is 2. The molecule has 116 valence electrons. The summed E-state index contributed by atoms with van der Waals surface area (Å²) in [5.74, 6) is 1.52. The van der Waals surface area contributed by atoms with Crippen molar-refractivity contribution in [1.29, 1.82) is 0 Å². The van der Waals surface area contributed by atoms with Gasteiger partial charge in [0.1, 0.15) is 12.4 Å². The Kier molecular flexibility index (Phi) is 6.45. The number of fused-ring (bicyclic) bond motifs is 1. The summed E-state index contributed by atoms with van der Waals surface area (Å²) in [4.78, 5) is 16.4. The Labute approximate surface area is 136 Å². The standard InChI is InChI=1S/C14H18N4O.2ClH/c1-10-17-12-4-2-3-5-13(12)18(10)9-14(19)16-8-11-6-15-7-11;;/h2-5,11,15H,6-9H2,1H3,(H,16,19);2*1H. The average Bonchev–Trinajstić information content (AvgIpc) is 2.64. The van der Waals surface area contributed by atoms with Gasteiger partial charge in [0.25, 0.3) is 0 Å². The van der Waals surface area contributed by atoms with E-state index < -0.39 is 0 Å². The number of rotatable bonds is 4. The second-order valence-corrected chi connectivity index (χ2v) is 5.06. The number of nitrogens with zero attached hydrogens (tertiary/aromatic N) is 2. The summed E-state index contributed by atoms with van der Waals surface area (Å²) in [7, 11) is 0. The molecular weight excluding hydrogens is 311 g/mol. The summed E-state index contributed by atoms with van der Waals surface area (Å²) in [5.41, 5.74) is 1.96. The van der Waals surface area contributed by atoms with Crippen LogP contribution in [0.2, 0.25) is 0 Å². The normalized spacial score (nSPS) is 14.0. The second kappa shape index (κ2) is 7.64. The van der Waals surface area contributed by atoms with Crippen molar-refractivity contribution in [3.8, 4) is 0 Å². The Balaban J connectivity index is 0.00000110. The van der Waals surface area contributed by atoms with Gasteiger partial charge in [-0.2, -0.15) is 0 Å². The number of aryl methyl sites for hydroxylation is 1. The lowest BCUT2D eigenvalue weighted by Gasteiger charge is -2.27. The molecule has 5 nitrogen and oxygen atoms in total. The molecule has 21 heavy (non-hydrogen) atoms. The lowest BCUT2D eigenvalue weighted by molar-refractivity contribution is -0.121. The van der Waals surface area contributed by atoms with Crippen LogP contribution in [0, 0.1) is 12.8 Å². The highest BCUT2D eigenvalue weighted by Crippen LogP contribution is 2.15. The van der Waals surface area contributed by atoms with Crippen molar-refractivity contribution in [3.05, 3.63) is 30.1 Å². The first-order valence-corrected chi connectivity index (χ1v) is 6.63. The number of carbonyl (C=O) groups excluding carboxylic acids is 1. The first kappa shape index (κ1) is 17.8. The fraction of sp³-hybridized carbons (Fsp3) is 0.429. The molecule has 0 atom stereocenters. The SMILES string of the molecule is Cc1nc2ccccc2n1CC(=O)NCC1CNC1.Cl.Cl. The second-order valence-electron chi connectivity index (χ2n) is 5.06. The van der Waals surface area contributed by atoms with Gasteiger partial charge in [0.15, 0.2) is 0 Å². The van der Waals surface area contributed by atoms with E-state index in [2.05, 4.69) is 15.6 Å². The van der Waals surface area contributed by atoms with Crippen molar-refractivity contribution >= 4 is 41.8 Å². The molecule has 1 aromatic carbocycles. The van der Waals surface area contributed by atoms with Crippen LogP contribution in [0.4, 0.5) is 0 Å². The van der Waals surface area contributed by atoms with E-state index in [0.29, 0.717) is 12.5 Å². The molecule has 0 radical (unpaired) electrons. The fourth-order valence-corrected chi connectivity index (χ4v) is 2.35. The minimum Gasteiger partial charge on any atom is -0.354 e. The molecule has 0 bridgehead atoms. The highest BCUT2D eigenvalue weighted by Gasteiger charge is 2.17. The zero-order chi connectivity index (χ0) is 13.2. The average molecular weight is 331 g/mol. The maximum absolute atomic E-state index is 12.0. The highest BCUT2D eigenvalue weighted by atomic mass is 35.5. The number of carbonyl (C=O) groups is 1. The molecule has 1 amide bonds. The first-order chi connectivity index (χ1) is 9.24. The summed E-state index contributed by atoms with van der Waals surface area (Å²) in [6, 6.07) is 7.90. The lowest BCUT2D eigenvalue weighted by atomic mass is 10.0. The van der Waals surface area contributed by atoms with E-state index in [0.717, 1.165) is 36.5 Å². The molecule has 1 saturated heterocycles. The van der Waals surface area contributed by atoms with Gasteiger partial charge < -0.3 is 15.2 Å². The number of hydrogen-bond donors (Lipinski definition) is 2. The Morgan fingerprint density at radius 3 is 2.76 bits per heavy atom. The van der Waals surface area contributed by atoms with Crippen molar-refractivity contribution < 1.29 is 4.79 Å². The van der Waals surface area contributed by atoms with Crippen molar-refractivity contribution in [1.82, 2.24) is 20.2 Å². The van der Waals surface area contributed by atoms with Gasteiger partial charge >= 0.3 is 0 Å². The Morgan fingerprint density at radius 2 is 2.10 bits per heavy atom. The van der Waals surface area contributed by atoms with Crippen LogP contribution in [-0.2, 0) is 11.3 Å². The van der Waals surface area contributed by atoms with Gasteiger partial charge in [-0.25, -0.2) is 4.98 Å². The Bertz CT molecular complexity index is 610. The van der Waals surface area contributed by atoms with E-state index >= 15 is 0 Å². The third kappa shape index (κ3) is 3.87. The number of imidazole rings is 1. The van der Waals surface area contributed by atoms with Gasteiger partial charge in [0.2, 0.25) is 5.91 Å². The number of halogens is 2. The summed E-state index contributed by atoms with van der Waals surface area (Å²) in [6.45, 7) is 5.05. The van der Waals surface area contributed by atoms with Crippen LogP contribution >= 0.6 is 24.8 Å². The Morgan fingerprint density at radius 1 is 1.38 bits per heavy atom. The molecule has 3 rings (SSSR count). The molecule has 1 fully saturated rings. The van der Waals surface area contributed by atoms with E-state index in [1.165, 1.54) is 0 Å². The van der Waals surface area contributed by atoms with Crippen molar-refractivity contribution in [2.45, 2.75) is 13.5 Å². The molecule has 0 aliphatic carbocycles. The van der Waals surface area contributed by atoms with Gasteiger partial charge in [-0.1, -0.05) is 12.1 Å². The number of hydrogen-bond acceptors (Lipinski definition) is 3. The minimum atomic E-state index is 0. The van der Waals surface area contributed by atoms with E-state index in [4.69, 9.17) is 0 Å². The van der Waals surface area contributed by atoms with Crippen molar-refractivity contribution in [3.63, 3.8) is 0 Å². The number of para-hydroxylation sites is 2. The maximum atomic E-state index is 12.0. The maximum Gasteiger partial charge on any atom is 0.240 e. The first-order valence-electron chi connectivity index (χ1n) is 6.63. The number of nitrogens with one attached hydrogen (secondary N) is 2. The smallest absolute Gasteiger partial charge is 0.240 e. The topological polar surface area (TPSA) is 59.0 Å².